The number of rotatable bonds is 7. The number of hydrogen-bond acceptors (Lipinski definition) is 9. The first kappa shape index (κ1) is 27.0. The third-order valence-corrected chi connectivity index (χ3v) is 8.66. The first-order valence-electron chi connectivity index (χ1n) is 14.4. The molecule has 0 aliphatic carbocycles. The Morgan fingerprint density at radius 3 is 2.88 bits per heavy atom. The third kappa shape index (κ3) is 5.42. The van der Waals surface area contributed by atoms with Gasteiger partial charge in [-0.1, -0.05) is 18.7 Å². The van der Waals surface area contributed by atoms with E-state index in [0.717, 1.165) is 54.1 Å². The van der Waals surface area contributed by atoms with E-state index in [1.807, 2.05) is 12.4 Å². The highest BCUT2D eigenvalue weighted by atomic mass is 16.5. The average molecular weight is 553 g/mol. The standard InChI is InChI=1S/C31H36N8O2/c1-3-29(40)39-17-16-38(19-23(39)9-12-32)30-26-11-15-37(28-8-4-6-22-18-33-13-10-25(22)28)20-27(26)34-31(35-30)41-21-24-7-5-14-36(24)2/h3-4,6,8,10,13,18,23-24H,1,5,7,9,11,14-17,19-21H2,2H3/t23?,24-/m0/s1. The molecule has 0 radical (unpaired) electrons. The SMILES string of the molecule is C=CC(=O)N1CCN(c2nc(OC[C@@H]3CCCN3C)nc3c2CCN(c2cccc4cnccc24)C3)CC1CC#N. The highest BCUT2D eigenvalue weighted by Gasteiger charge is 2.33. The van der Waals surface area contributed by atoms with E-state index in [4.69, 9.17) is 14.7 Å². The van der Waals surface area contributed by atoms with E-state index in [0.29, 0.717) is 44.8 Å². The van der Waals surface area contributed by atoms with Crippen molar-refractivity contribution in [2.45, 2.75) is 44.3 Å². The lowest BCUT2D eigenvalue weighted by Crippen LogP contribution is -2.55. The first-order chi connectivity index (χ1) is 20.1. The summed E-state index contributed by atoms with van der Waals surface area (Å²) in [5, 5.41) is 11.8. The summed E-state index contributed by atoms with van der Waals surface area (Å²) in [7, 11) is 2.14. The Morgan fingerprint density at radius 2 is 2.07 bits per heavy atom. The van der Waals surface area contributed by atoms with Crippen molar-refractivity contribution in [1.82, 2.24) is 24.8 Å². The zero-order valence-electron chi connectivity index (χ0n) is 23.6. The Labute approximate surface area is 240 Å². The predicted molar refractivity (Wildman–Crippen MR) is 158 cm³/mol. The van der Waals surface area contributed by atoms with E-state index in [9.17, 15) is 10.1 Å². The van der Waals surface area contributed by atoms with Crippen molar-refractivity contribution < 1.29 is 9.53 Å². The molecule has 0 N–H and O–H groups in total. The minimum atomic E-state index is -0.231. The van der Waals surface area contributed by atoms with Crippen molar-refractivity contribution in [3.05, 3.63) is 60.6 Å². The van der Waals surface area contributed by atoms with Crippen LogP contribution in [0.4, 0.5) is 11.5 Å². The molecule has 0 saturated carbocycles. The predicted octanol–water partition coefficient (Wildman–Crippen LogP) is 3.18. The molecule has 0 bridgehead atoms. The van der Waals surface area contributed by atoms with Crippen LogP contribution in [-0.4, -0.2) is 89.1 Å². The molecule has 2 saturated heterocycles. The van der Waals surface area contributed by atoms with Crippen LogP contribution in [0.2, 0.25) is 0 Å². The van der Waals surface area contributed by atoms with Crippen LogP contribution in [0.15, 0.2) is 49.3 Å². The fraction of sp³-hybridized carbons (Fsp3) is 0.452. The van der Waals surface area contributed by atoms with Gasteiger partial charge in [-0.3, -0.25) is 9.78 Å². The van der Waals surface area contributed by atoms with Crippen LogP contribution in [0, 0.1) is 11.3 Å². The van der Waals surface area contributed by atoms with Crippen molar-refractivity contribution in [3.63, 3.8) is 0 Å². The van der Waals surface area contributed by atoms with Gasteiger partial charge < -0.3 is 24.3 Å². The number of nitriles is 1. The van der Waals surface area contributed by atoms with Gasteiger partial charge in [0.05, 0.1) is 30.8 Å². The Morgan fingerprint density at radius 1 is 1.17 bits per heavy atom. The normalized spacial score (nSPS) is 21.0. The van der Waals surface area contributed by atoms with Crippen molar-refractivity contribution in [1.29, 1.82) is 5.26 Å². The van der Waals surface area contributed by atoms with Crippen LogP contribution in [0.3, 0.4) is 0 Å². The van der Waals surface area contributed by atoms with E-state index >= 15 is 0 Å². The third-order valence-electron chi connectivity index (χ3n) is 8.66. The fourth-order valence-electron chi connectivity index (χ4n) is 6.40. The molecule has 3 aliphatic heterocycles. The van der Waals surface area contributed by atoms with Crippen LogP contribution in [0.1, 0.15) is 30.5 Å². The number of pyridine rings is 1. The second-order valence-electron chi connectivity index (χ2n) is 11.1. The summed E-state index contributed by atoms with van der Waals surface area (Å²) in [5.74, 6) is 0.723. The molecule has 3 aromatic rings. The topological polar surface area (TPSA) is 102 Å². The smallest absolute Gasteiger partial charge is 0.318 e. The van der Waals surface area contributed by atoms with Crippen molar-refractivity contribution in [3.8, 4) is 12.1 Å². The lowest BCUT2D eigenvalue weighted by molar-refractivity contribution is -0.128. The number of fused-ring (bicyclic) bond motifs is 2. The van der Waals surface area contributed by atoms with Gasteiger partial charge in [0.25, 0.3) is 0 Å². The molecule has 2 aromatic heterocycles. The molecule has 0 spiro atoms. The van der Waals surface area contributed by atoms with Gasteiger partial charge in [-0.15, -0.1) is 0 Å². The molecule has 3 aliphatic rings. The molecule has 1 amide bonds. The number of amides is 1. The summed E-state index contributed by atoms with van der Waals surface area (Å²) in [4.78, 5) is 35.4. The van der Waals surface area contributed by atoms with E-state index in [-0.39, 0.29) is 18.4 Å². The Kier molecular flexibility index (Phi) is 7.70. The van der Waals surface area contributed by atoms with Gasteiger partial charge in [0, 0.05) is 66.6 Å². The van der Waals surface area contributed by atoms with Crippen LogP contribution >= 0.6 is 0 Å². The zero-order chi connectivity index (χ0) is 28.3. The minimum Gasteiger partial charge on any atom is -0.462 e. The fourth-order valence-corrected chi connectivity index (χ4v) is 6.40. The van der Waals surface area contributed by atoms with Gasteiger partial charge in [-0.2, -0.15) is 15.2 Å². The lowest BCUT2D eigenvalue weighted by Gasteiger charge is -2.42. The van der Waals surface area contributed by atoms with Gasteiger partial charge in [0.15, 0.2) is 0 Å². The molecule has 10 nitrogen and oxygen atoms in total. The minimum absolute atomic E-state index is 0.139. The molecule has 1 aromatic carbocycles. The molecule has 2 atom stereocenters. The monoisotopic (exact) mass is 552 g/mol. The number of ether oxygens (including phenoxy) is 1. The number of hydrogen-bond donors (Lipinski definition) is 0. The van der Waals surface area contributed by atoms with Gasteiger partial charge in [-0.05, 0) is 51.1 Å². The summed E-state index contributed by atoms with van der Waals surface area (Å²) in [5.41, 5.74) is 3.24. The maximum Gasteiger partial charge on any atom is 0.318 e. The second kappa shape index (κ2) is 11.7. The summed E-state index contributed by atoms with van der Waals surface area (Å²) in [6, 6.07) is 11.2. The average Bonchev–Trinajstić information content (AvgIpc) is 3.43. The van der Waals surface area contributed by atoms with Crippen molar-refractivity contribution in [2.75, 3.05) is 56.2 Å². The molecule has 1 unspecified atom stereocenters. The van der Waals surface area contributed by atoms with Crippen LogP contribution in [0.25, 0.3) is 10.8 Å². The number of carbonyl (C=O) groups excluding carboxylic acids is 1. The molecule has 10 heteroatoms. The largest absolute Gasteiger partial charge is 0.462 e. The molecule has 5 heterocycles. The number of likely N-dealkylation sites (N-methyl/N-ethyl adjacent to an activating group) is 1. The summed E-state index contributed by atoms with van der Waals surface area (Å²) in [6.45, 7) is 8.40. The number of likely N-dealkylation sites (tertiary alicyclic amines) is 1. The Bertz CT molecular complexity index is 1480. The molecule has 6 rings (SSSR count). The van der Waals surface area contributed by atoms with Gasteiger partial charge in [0.2, 0.25) is 5.91 Å². The number of piperazine rings is 1. The maximum atomic E-state index is 12.5. The van der Waals surface area contributed by atoms with E-state index in [2.05, 4.69) is 63.6 Å². The number of aromatic nitrogens is 3. The lowest BCUT2D eigenvalue weighted by atomic mass is 10.0. The van der Waals surface area contributed by atoms with Crippen LogP contribution in [0.5, 0.6) is 6.01 Å². The van der Waals surface area contributed by atoms with Gasteiger partial charge in [-0.25, -0.2) is 0 Å². The molecular formula is C31H36N8O2. The van der Waals surface area contributed by atoms with Crippen molar-refractivity contribution >= 4 is 28.2 Å². The zero-order valence-corrected chi connectivity index (χ0v) is 23.6. The maximum absolute atomic E-state index is 12.5. The van der Waals surface area contributed by atoms with Gasteiger partial charge in [0.1, 0.15) is 12.4 Å². The van der Waals surface area contributed by atoms with Crippen molar-refractivity contribution in [2.24, 2.45) is 0 Å². The number of nitrogens with zero attached hydrogens (tertiary/aromatic N) is 8. The van der Waals surface area contributed by atoms with Gasteiger partial charge >= 0.3 is 6.01 Å². The molecular weight excluding hydrogens is 516 g/mol. The number of anilines is 2. The number of carbonyl (C=O) groups is 1. The molecule has 212 valence electrons. The summed E-state index contributed by atoms with van der Waals surface area (Å²) < 4.78 is 6.27. The van der Waals surface area contributed by atoms with E-state index in [1.165, 1.54) is 17.9 Å². The molecule has 41 heavy (non-hydrogen) atoms. The Hall–Kier alpha value is -4.23. The highest BCUT2D eigenvalue weighted by Crippen LogP contribution is 2.34. The Balaban J connectivity index is 1.33. The first-order valence-corrected chi connectivity index (χ1v) is 14.4. The molecule has 2 fully saturated rings. The second-order valence-corrected chi connectivity index (χ2v) is 11.1. The van der Waals surface area contributed by atoms with E-state index in [1.54, 1.807) is 4.90 Å². The van der Waals surface area contributed by atoms with Crippen LogP contribution in [-0.2, 0) is 17.8 Å². The van der Waals surface area contributed by atoms with Crippen LogP contribution < -0.4 is 14.5 Å². The summed E-state index contributed by atoms with van der Waals surface area (Å²) in [6.07, 6.45) is 8.38. The quantitative estimate of drug-likeness (QED) is 0.409. The van der Waals surface area contributed by atoms with E-state index < -0.39 is 0 Å². The number of benzene rings is 1. The summed E-state index contributed by atoms with van der Waals surface area (Å²) >= 11 is 0. The highest BCUT2D eigenvalue weighted by molar-refractivity contribution is 5.93.